The number of rotatable bonds is 10. The van der Waals surface area contributed by atoms with Crippen LogP contribution < -0.4 is 5.32 Å². The maximum atomic E-state index is 12.4. The molecular formula is C18H31N3O. The third-order valence-electron chi connectivity index (χ3n) is 3.61. The van der Waals surface area contributed by atoms with Gasteiger partial charge >= 0.3 is 0 Å². The van der Waals surface area contributed by atoms with Crippen molar-refractivity contribution < 1.29 is 4.79 Å². The predicted octanol–water partition coefficient (Wildman–Crippen LogP) is 2.36. The van der Waals surface area contributed by atoms with Crippen LogP contribution in [0.5, 0.6) is 0 Å². The number of carbonyl (C=O) groups is 1. The van der Waals surface area contributed by atoms with Crippen LogP contribution in [0.25, 0.3) is 0 Å². The first kappa shape index (κ1) is 18.7. The van der Waals surface area contributed by atoms with Crippen molar-refractivity contribution in [1.29, 1.82) is 0 Å². The Balaban J connectivity index is 2.33. The minimum absolute atomic E-state index is 0.221. The molecule has 0 aliphatic rings. The maximum Gasteiger partial charge on any atom is 0.224 e. The van der Waals surface area contributed by atoms with E-state index in [2.05, 4.69) is 50.3 Å². The lowest BCUT2D eigenvalue weighted by Gasteiger charge is -2.27. The van der Waals surface area contributed by atoms with Gasteiger partial charge in [0.1, 0.15) is 0 Å². The molecule has 0 saturated carbocycles. The number of carbonyl (C=O) groups excluding carboxylic acids is 1. The summed E-state index contributed by atoms with van der Waals surface area (Å²) in [5.41, 5.74) is 1.18. The minimum Gasteiger partial charge on any atom is -0.336 e. The van der Waals surface area contributed by atoms with Crippen molar-refractivity contribution in [3.8, 4) is 0 Å². The van der Waals surface area contributed by atoms with E-state index < -0.39 is 0 Å². The normalized spacial score (nSPS) is 11.2. The molecule has 0 aromatic heterocycles. The fourth-order valence-electron chi connectivity index (χ4n) is 2.32. The highest BCUT2D eigenvalue weighted by atomic mass is 16.2. The summed E-state index contributed by atoms with van der Waals surface area (Å²) in [6.45, 7) is 7.64. The van der Waals surface area contributed by atoms with Gasteiger partial charge in [-0.3, -0.25) is 4.79 Å². The SMILES string of the molecule is CC(C)N(Cc1ccccc1)C(=O)CCNCCCN(C)C. The van der Waals surface area contributed by atoms with Crippen LogP contribution in [0.15, 0.2) is 30.3 Å². The fourth-order valence-corrected chi connectivity index (χ4v) is 2.32. The zero-order chi connectivity index (χ0) is 16.4. The van der Waals surface area contributed by atoms with Crippen molar-refractivity contribution in [3.63, 3.8) is 0 Å². The average molecular weight is 305 g/mol. The molecule has 4 nitrogen and oxygen atoms in total. The lowest BCUT2D eigenvalue weighted by Crippen LogP contribution is -2.38. The van der Waals surface area contributed by atoms with Crippen molar-refractivity contribution in [2.45, 2.75) is 39.3 Å². The van der Waals surface area contributed by atoms with E-state index in [-0.39, 0.29) is 11.9 Å². The van der Waals surface area contributed by atoms with Gasteiger partial charge in [0, 0.05) is 25.6 Å². The summed E-state index contributed by atoms with van der Waals surface area (Å²) in [6, 6.07) is 10.4. The molecule has 0 radical (unpaired) electrons. The Bertz CT molecular complexity index is 418. The molecular weight excluding hydrogens is 274 g/mol. The lowest BCUT2D eigenvalue weighted by atomic mass is 10.1. The number of nitrogens with one attached hydrogen (secondary N) is 1. The smallest absolute Gasteiger partial charge is 0.224 e. The Morgan fingerprint density at radius 1 is 1.14 bits per heavy atom. The number of benzene rings is 1. The van der Waals surface area contributed by atoms with Crippen LogP contribution in [-0.4, -0.2) is 55.5 Å². The molecule has 1 N–H and O–H groups in total. The van der Waals surface area contributed by atoms with Gasteiger partial charge in [-0.15, -0.1) is 0 Å². The van der Waals surface area contributed by atoms with Crippen molar-refractivity contribution in [2.75, 3.05) is 33.7 Å². The molecule has 1 aromatic carbocycles. The van der Waals surface area contributed by atoms with E-state index in [1.54, 1.807) is 0 Å². The van der Waals surface area contributed by atoms with Crippen molar-refractivity contribution in [1.82, 2.24) is 15.1 Å². The average Bonchev–Trinajstić information content (AvgIpc) is 2.48. The second kappa shape index (κ2) is 10.4. The highest BCUT2D eigenvalue weighted by Gasteiger charge is 2.16. The molecule has 0 spiro atoms. The van der Waals surface area contributed by atoms with E-state index in [0.717, 1.165) is 26.1 Å². The number of nitrogens with zero attached hydrogens (tertiary/aromatic N) is 2. The predicted molar refractivity (Wildman–Crippen MR) is 92.8 cm³/mol. The first-order chi connectivity index (χ1) is 10.5. The first-order valence-corrected chi connectivity index (χ1v) is 8.19. The summed E-state index contributed by atoms with van der Waals surface area (Å²) in [6.07, 6.45) is 1.67. The number of hydrogen-bond donors (Lipinski definition) is 1. The minimum atomic E-state index is 0.221. The molecule has 0 aliphatic carbocycles. The van der Waals surface area contributed by atoms with Gasteiger partial charge < -0.3 is 15.1 Å². The number of amides is 1. The van der Waals surface area contributed by atoms with Gasteiger partial charge in [0.2, 0.25) is 5.91 Å². The molecule has 0 unspecified atom stereocenters. The third kappa shape index (κ3) is 7.57. The molecule has 124 valence electrons. The quantitative estimate of drug-likeness (QED) is 0.674. The van der Waals surface area contributed by atoms with E-state index >= 15 is 0 Å². The second-order valence-electron chi connectivity index (χ2n) is 6.26. The largest absolute Gasteiger partial charge is 0.336 e. The summed E-state index contributed by atoms with van der Waals surface area (Å²) in [5.74, 6) is 0.221. The Morgan fingerprint density at radius 3 is 2.41 bits per heavy atom. The highest BCUT2D eigenvalue weighted by molar-refractivity contribution is 5.76. The fraction of sp³-hybridized carbons (Fsp3) is 0.611. The van der Waals surface area contributed by atoms with Gasteiger partial charge in [0.15, 0.2) is 0 Å². The van der Waals surface area contributed by atoms with Crippen molar-refractivity contribution in [2.24, 2.45) is 0 Å². The first-order valence-electron chi connectivity index (χ1n) is 8.19. The summed E-state index contributed by atoms with van der Waals surface area (Å²) >= 11 is 0. The molecule has 1 aromatic rings. The summed E-state index contributed by atoms with van der Waals surface area (Å²) in [7, 11) is 4.15. The Hall–Kier alpha value is -1.39. The van der Waals surface area contributed by atoms with E-state index in [0.29, 0.717) is 13.0 Å². The van der Waals surface area contributed by atoms with E-state index in [1.165, 1.54) is 5.56 Å². The van der Waals surface area contributed by atoms with Crippen LogP contribution >= 0.6 is 0 Å². The molecule has 4 heteroatoms. The molecule has 0 aliphatic heterocycles. The van der Waals surface area contributed by atoms with Gasteiger partial charge in [0.05, 0.1) is 0 Å². The van der Waals surface area contributed by atoms with Crippen LogP contribution in [-0.2, 0) is 11.3 Å². The van der Waals surface area contributed by atoms with Gasteiger partial charge in [-0.25, -0.2) is 0 Å². The van der Waals surface area contributed by atoms with Crippen molar-refractivity contribution in [3.05, 3.63) is 35.9 Å². The molecule has 0 fully saturated rings. The van der Waals surface area contributed by atoms with Gasteiger partial charge in [-0.05, 0) is 53.0 Å². The molecule has 0 bridgehead atoms. The summed E-state index contributed by atoms with van der Waals surface area (Å²) in [4.78, 5) is 16.5. The van der Waals surface area contributed by atoms with Crippen LogP contribution in [0.3, 0.4) is 0 Å². The van der Waals surface area contributed by atoms with Crippen LogP contribution in [0, 0.1) is 0 Å². The third-order valence-corrected chi connectivity index (χ3v) is 3.61. The molecule has 0 heterocycles. The Labute approximate surface area is 135 Å². The molecule has 22 heavy (non-hydrogen) atoms. The lowest BCUT2D eigenvalue weighted by molar-refractivity contribution is -0.133. The topological polar surface area (TPSA) is 35.6 Å². The van der Waals surface area contributed by atoms with Crippen molar-refractivity contribution >= 4 is 5.91 Å². The van der Waals surface area contributed by atoms with E-state index in [1.807, 2.05) is 23.1 Å². The van der Waals surface area contributed by atoms with Gasteiger partial charge in [-0.1, -0.05) is 30.3 Å². The highest BCUT2D eigenvalue weighted by Crippen LogP contribution is 2.09. The Morgan fingerprint density at radius 2 is 1.82 bits per heavy atom. The molecule has 1 rings (SSSR count). The molecule has 0 atom stereocenters. The molecule has 0 saturated heterocycles. The Kier molecular flexibility index (Phi) is 8.78. The summed E-state index contributed by atoms with van der Waals surface area (Å²) in [5, 5.41) is 3.36. The molecule has 1 amide bonds. The summed E-state index contributed by atoms with van der Waals surface area (Å²) < 4.78 is 0. The standard InChI is InChI=1S/C18H31N3O/c1-16(2)21(15-17-9-6-5-7-10-17)18(22)11-13-19-12-8-14-20(3)4/h5-7,9-10,16,19H,8,11-15H2,1-4H3. The second-order valence-corrected chi connectivity index (χ2v) is 6.26. The zero-order valence-corrected chi connectivity index (χ0v) is 14.5. The van der Waals surface area contributed by atoms with Gasteiger partial charge in [0.25, 0.3) is 0 Å². The maximum absolute atomic E-state index is 12.4. The number of hydrogen-bond acceptors (Lipinski definition) is 3. The van der Waals surface area contributed by atoms with Crippen LogP contribution in [0.4, 0.5) is 0 Å². The van der Waals surface area contributed by atoms with Crippen LogP contribution in [0.2, 0.25) is 0 Å². The van der Waals surface area contributed by atoms with E-state index in [9.17, 15) is 4.79 Å². The van der Waals surface area contributed by atoms with Gasteiger partial charge in [-0.2, -0.15) is 0 Å². The van der Waals surface area contributed by atoms with Crippen LogP contribution in [0.1, 0.15) is 32.3 Å². The van der Waals surface area contributed by atoms with E-state index in [4.69, 9.17) is 0 Å². The monoisotopic (exact) mass is 305 g/mol. The zero-order valence-electron chi connectivity index (χ0n) is 14.5.